The van der Waals surface area contributed by atoms with Crippen molar-refractivity contribution < 1.29 is 0 Å². The molecule has 1 heterocycles. The summed E-state index contributed by atoms with van der Waals surface area (Å²) in [7, 11) is 0. The quantitative estimate of drug-likeness (QED) is 0.723. The predicted molar refractivity (Wildman–Crippen MR) is 86.4 cm³/mol. The van der Waals surface area contributed by atoms with E-state index in [0.717, 1.165) is 39.9 Å². The monoisotopic (exact) mass is 327 g/mol. The van der Waals surface area contributed by atoms with E-state index in [1.807, 2.05) is 54.7 Å². The van der Waals surface area contributed by atoms with E-state index in [1.165, 1.54) is 0 Å². The first-order valence-electron chi connectivity index (χ1n) is 6.50. The number of aliphatic imine (C=N–C) groups is 1. The zero-order chi connectivity index (χ0) is 13.8. The van der Waals surface area contributed by atoms with Gasteiger partial charge in [-0.3, -0.25) is 4.99 Å². The Hall–Kier alpha value is -1.94. The zero-order valence-electron chi connectivity index (χ0n) is 10.9. The Morgan fingerprint density at radius 2 is 1.90 bits per heavy atom. The molecule has 0 atom stereocenters. The highest BCUT2D eigenvalue weighted by Gasteiger charge is 2.00. The van der Waals surface area contributed by atoms with Gasteiger partial charge in [-0.05, 0) is 29.8 Å². The van der Waals surface area contributed by atoms with Crippen LogP contribution < -0.4 is 0 Å². The van der Waals surface area contributed by atoms with Crippen molar-refractivity contribution in [3.05, 3.63) is 64.4 Å². The van der Waals surface area contributed by atoms with Crippen molar-refractivity contribution in [2.75, 3.05) is 6.54 Å². The van der Waals surface area contributed by atoms with Crippen LogP contribution >= 0.6 is 15.9 Å². The Bertz CT molecular complexity index is 696. The van der Waals surface area contributed by atoms with Gasteiger partial charge in [-0.25, -0.2) is 4.98 Å². The topological polar surface area (TPSA) is 41.0 Å². The van der Waals surface area contributed by atoms with Gasteiger partial charge in [0.25, 0.3) is 0 Å². The minimum atomic E-state index is 0.732. The molecule has 0 unspecified atom stereocenters. The molecular formula is C16H14BrN3. The molecule has 4 heteroatoms. The summed E-state index contributed by atoms with van der Waals surface area (Å²) < 4.78 is 1.08. The molecule has 1 aromatic heterocycles. The van der Waals surface area contributed by atoms with Gasteiger partial charge >= 0.3 is 0 Å². The number of halogens is 1. The van der Waals surface area contributed by atoms with Crippen molar-refractivity contribution in [1.82, 2.24) is 9.97 Å². The first-order valence-corrected chi connectivity index (χ1v) is 7.29. The van der Waals surface area contributed by atoms with Crippen LogP contribution in [0.15, 0.2) is 58.0 Å². The number of imidazole rings is 1. The van der Waals surface area contributed by atoms with E-state index < -0.39 is 0 Å². The Morgan fingerprint density at radius 1 is 1.10 bits per heavy atom. The molecule has 100 valence electrons. The molecule has 0 aliphatic carbocycles. The summed E-state index contributed by atoms with van der Waals surface area (Å²) in [5.41, 5.74) is 3.21. The van der Waals surface area contributed by atoms with Gasteiger partial charge in [-0.1, -0.05) is 40.2 Å². The van der Waals surface area contributed by atoms with Crippen molar-refractivity contribution in [3.63, 3.8) is 0 Å². The number of hydrogen-bond donors (Lipinski definition) is 1. The fraction of sp³-hybridized carbons (Fsp3) is 0.125. The van der Waals surface area contributed by atoms with Gasteiger partial charge in [0.1, 0.15) is 5.82 Å². The third kappa shape index (κ3) is 3.14. The fourth-order valence-electron chi connectivity index (χ4n) is 2.01. The number of para-hydroxylation sites is 2. The predicted octanol–water partition coefficient (Wildman–Crippen LogP) is 3.99. The van der Waals surface area contributed by atoms with E-state index in [2.05, 4.69) is 30.9 Å². The molecule has 0 spiro atoms. The molecule has 0 aliphatic rings. The minimum absolute atomic E-state index is 0.732. The molecule has 3 rings (SSSR count). The number of H-pyrrole nitrogens is 1. The van der Waals surface area contributed by atoms with Gasteiger partial charge in [-0.2, -0.15) is 0 Å². The lowest BCUT2D eigenvalue weighted by Crippen LogP contribution is -1.92. The normalized spacial score (nSPS) is 11.4. The van der Waals surface area contributed by atoms with Crippen LogP contribution in [0, 0.1) is 0 Å². The van der Waals surface area contributed by atoms with Gasteiger partial charge in [0.05, 0.1) is 11.0 Å². The number of hydrogen-bond acceptors (Lipinski definition) is 2. The zero-order valence-corrected chi connectivity index (χ0v) is 12.5. The number of aromatic amines is 1. The standard InChI is InChI=1S/C16H14BrN3/c17-13-7-5-12(6-8-13)11-18-10-9-16-19-14-3-1-2-4-15(14)20-16/h1-8,11H,9-10H2,(H,19,20). The maximum absolute atomic E-state index is 4.53. The Balaban J connectivity index is 1.60. The van der Waals surface area contributed by atoms with Gasteiger partial charge in [0.2, 0.25) is 0 Å². The summed E-state index contributed by atoms with van der Waals surface area (Å²) in [5, 5.41) is 0. The molecule has 0 saturated heterocycles. The Kier molecular flexibility index (Phi) is 3.92. The molecule has 0 bridgehead atoms. The summed E-state index contributed by atoms with van der Waals surface area (Å²) in [5.74, 6) is 0.985. The van der Waals surface area contributed by atoms with E-state index in [9.17, 15) is 0 Å². The van der Waals surface area contributed by atoms with Crippen LogP contribution in [0.2, 0.25) is 0 Å². The van der Waals surface area contributed by atoms with Crippen LogP contribution in [0.3, 0.4) is 0 Å². The molecule has 1 N–H and O–H groups in total. The lowest BCUT2D eigenvalue weighted by molar-refractivity contribution is 0.903. The Morgan fingerprint density at radius 3 is 2.70 bits per heavy atom. The van der Waals surface area contributed by atoms with E-state index in [0.29, 0.717) is 0 Å². The van der Waals surface area contributed by atoms with Gasteiger partial charge in [0.15, 0.2) is 0 Å². The van der Waals surface area contributed by atoms with E-state index in [4.69, 9.17) is 0 Å². The summed E-state index contributed by atoms with van der Waals surface area (Å²) in [6.45, 7) is 0.732. The van der Waals surface area contributed by atoms with Gasteiger partial charge in [-0.15, -0.1) is 0 Å². The maximum Gasteiger partial charge on any atom is 0.109 e. The summed E-state index contributed by atoms with van der Waals surface area (Å²) >= 11 is 3.42. The fourth-order valence-corrected chi connectivity index (χ4v) is 2.28. The van der Waals surface area contributed by atoms with Crippen molar-refractivity contribution in [2.45, 2.75) is 6.42 Å². The van der Waals surface area contributed by atoms with Crippen LogP contribution in [-0.2, 0) is 6.42 Å². The summed E-state index contributed by atoms with van der Waals surface area (Å²) in [6.07, 6.45) is 2.72. The van der Waals surface area contributed by atoms with Gasteiger partial charge in [0, 0.05) is 23.7 Å². The third-order valence-corrected chi connectivity index (χ3v) is 3.56. The number of nitrogens with zero attached hydrogens (tertiary/aromatic N) is 2. The van der Waals surface area contributed by atoms with E-state index in [-0.39, 0.29) is 0 Å². The van der Waals surface area contributed by atoms with Crippen molar-refractivity contribution >= 4 is 33.2 Å². The highest BCUT2D eigenvalue weighted by atomic mass is 79.9. The molecule has 20 heavy (non-hydrogen) atoms. The van der Waals surface area contributed by atoms with Gasteiger partial charge < -0.3 is 4.98 Å². The molecule has 2 aromatic carbocycles. The Labute approximate surface area is 125 Å². The van der Waals surface area contributed by atoms with Crippen LogP contribution in [-0.4, -0.2) is 22.7 Å². The average molecular weight is 328 g/mol. The van der Waals surface area contributed by atoms with Crippen molar-refractivity contribution in [3.8, 4) is 0 Å². The molecule has 0 radical (unpaired) electrons. The first-order chi connectivity index (χ1) is 9.81. The lowest BCUT2D eigenvalue weighted by Gasteiger charge is -1.94. The number of nitrogens with one attached hydrogen (secondary N) is 1. The SMILES string of the molecule is Brc1ccc(C=NCCc2nc3ccccc3[nH]2)cc1. The third-order valence-electron chi connectivity index (χ3n) is 3.03. The first kappa shape index (κ1) is 13.1. The van der Waals surface area contributed by atoms with Crippen LogP contribution in [0.4, 0.5) is 0 Å². The molecule has 0 amide bonds. The number of aromatic nitrogens is 2. The minimum Gasteiger partial charge on any atom is -0.342 e. The number of benzene rings is 2. The van der Waals surface area contributed by atoms with Crippen LogP contribution in [0.25, 0.3) is 11.0 Å². The second-order valence-electron chi connectivity index (χ2n) is 4.54. The van der Waals surface area contributed by atoms with E-state index >= 15 is 0 Å². The molecule has 0 saturated carbocycles. The second kappa shape index (κ2) is 6.01. The lowest BCUT2D eigenvalue weighted by atomic mass is 10.2. The highest BCUT2D eigenvalue weighted by Crippen LogP contribution is 2.11. The van der Waals surface area contributed by atoms with E-state index in [1.54, 1.807) is 0 Å². The second-order valence-corrected chi connectivity index (χ2v) is 5.45. The number of fused-ring (bicyclic) bond motifs is 1. The largest absolute Gasteiger partial charge is 0.342 e. The molecule has 3 aromatic rings. The number of rotatable bonds is 4. The van der Waals surface area contributed by atoms with Crippen molar-refractivity contribution in [2.24, 2.45) is 4.99 Å². The summed E-state index contributed by atoms with van der Waals surface area (Å²) in [6, 6.07) is 16.2. The average Bonchev–Trinajstić information content (AvgIpc) is 2.88. The van der Waals surface area contributed by atoms with Crippen LogP contribution in [0.5, 0.6) is 0 Å². The molecule has 0 aliphatic heterocycles. The molecule has 3 nitrogen and oxygen atoms in total. The maximum atomic E-state index is 4.53. The summed E-state index contributed by atoms with van der Waals surface area (Å²) in [4.78, 5) is 12.3. The molecule has 0 fully saturated rings. The van der Waals surface area contributed by atoms with Crippen LogP contribution in [0.1, 0.15) is 11.4 Å². The molecular weight excluding hydrogens is 314 g/mol. The highest BCUT2D eigenvalue weighted by molar-refractivity contribution is 9.10. The van der Waals surface area contributed by atoms with Crippen molar-refractivity contribution in [1.29, 1.82) is 0 Å². The smallest absolute Gasteiger partial charge is 0.109 e.